The molecule has 0 unspecified atom stereocenters. The Morgan fingerprint density at radius 1 is 1.42 bits per heavy atom. The van der Waals surface area contributed by atoms with E-state index in [0.717, 1.165) is 5.57 Å². The lowest BCUT2D eigenvalue weighted by Gasteiger charge is -2.17. The molecule has 0 saturated heterocycles. The maximum absolute atomic E-state index is 9.47. The summed E-state index contributed by atoms with van der Waals surface area (Å²) >= 11 is 0. The largest absolute Gasteiger partial charge is 0.404 e. The summed E-state index contributed by atoms with van der Waals surface area (Å²) < 4.78 is 0. The van der Waals surface area contributed by atoms with Crippen LogP contribution in [0.2, 0.25) is 0 Å². The molecule has 0 aromatic rings. The summed E-state index contributed by atoms with van der Waals surface area (Å²) in [5.74, 6) is 0. The van der Waals surface area contributed by atoms with E-state index in [1.54, 1.807) is 19.9 Å². The van der Waals surface area contributed by atoms with Crippen molar-refractivity contribution in [3.63, 3.8) is 0 Å². The molecular weight excluding hydrogens is 150 g/mol. The highest BCUT2D eigenvalue weighted by molar-refractivity contribution is 5.29. The first kappa shape index (κ1) is 11.0. The van der Waals surface area contributed by atoms with Gasteiger partial charge in [-0.2, -0.15) is 0 Å². The first-order valence-corrected chi connectivity index (χ1v) is 3.86. The van der Waals surface area contributed by atoms with Crippen LogP contribution >= 0.6 is 0 Å². The van der Waals surface area contributed by atoms with E-state index in [0.29, 0.717) is 5.57 Å². The van der Waals surface area contributed by atoms with Gasteiger partial charge in [0.15, 0.2) is 0 Å². The second kappa shape index (κ2) is 4.12. The molecule has 0 amide bonds. The van der Waals surface area contributed by atoms with Crippen molar-refractivity contribution in [3.05, 3.63) is 36.1 Å². The smallest absolute Gasteiger partial charge is 0.0834 e. The van der Waals surface area contributed by atoms with Crippen molar-refractivity contribution in [2.45, 2.75) is 26.4 Å². The molecule has 0 rings (SSSR count). The van der Waals surface area contributed by atoms with Gasteiger partial charge in [-0.1, -0.05) is 18.7 Å². The summed E-state index contributed by atoms with van der Waals surface area (Å²) in [6, 6.07) is 0. The van der Waals surface area contributed by atoms with Gasteiger partial charge in [0.1, 0.15) is 0 Å². The minimum absolute atomic E-state index is 0.670. The molecule has 68 valence electrons. The van der Waals surface area contributed by atoms with Crippen LogP contribution in [-0.4, -0.2) is 10.7 Å². The van der Waals surface area contributed by atoms with E-state index in [4.69, 9.17) is 5.73 Å². The Morgan fingerprint density at radius 2 is 1.92 bits per heavy atom. The van der Waals surface area contributed by atoms with Gasteiger partial charge in [0.05, 0.1) is 5.60 Å². The fraction of sp³-hybridized carbons (Fsp3) is 0.400. The number of hydrogen-bond acceptors (Lipinski definition) is 2. The van der Waals surface area contributed by atoms with Gasteiger partial charge in [0.2, 0.25) is 0 Å². The molecule has 0 atom stereocenters. The summed E-state index contributed by atoms with van der Waals surface area (Å²) in [5, 5.41) is 9.47. The Labute approximate surface area is 74.1 Å². The number of nitrogens with two attached hydrogens (primary N) is 1. The van der Waals surface area contributed by atoms with Crippen molar-refractivity contribution >= 4 is 0 Å². The number of rotatable bonds is 3. The highest BCUT2D eigenvalue weighted by Crippen LogP contribution is 2.14. The van der Waals surface area contributed by atoms with Crippen molar-refractivity contribution in [1.82, 2.24) is 0 Å². The van der Waals surface area contributed by atoms with Crippen LogP contribution in [0.15, 0.2) is 36.1 Å². The van der Waals surface area contributed by atoms with E-state index >= 15 is 0 Å². The van der Waals surface area contributed by atoms with Crippen LogP contribution in [-0.2, 0) is 0 Å². The van der Waals surface area contributed by atoms with Crippen LogP contribution in [0.3, 0.4) is 0 Å². The zero-order chi connectivity index (χ0) is 9.78. The molecule has 12 heavy (non-hydrogen) atoms. The van der Waals surface area contributed by atoms with E-state index in [1.165, 1.54) is 6.20 Å². The third-order valence-corrected chi connectivity index (χ3v) is 1.60. The molecular formula is C10H17NO. The zero-order valence-corrected chi connectivity index (χ0v) is 7.96. The molecule has 0 saturated carbocycles. The lowest BCUT2D eigenvalue weighted by molar-refractivity contribution is 0.124. The van der Waals surface area contributed by atoms with E-state index in [2.05, 4.69) is 6.58 Å². The SMILES string of the molecule is C=C(/C=C\C(C)=C/N)C(C)(C)O. The van der Waals surface area contributed by atoms with Crippen LogP contribution < -0.4 is 5.73 Å². The molecule has 0 aliphatic carbocycles. The average molecular weight is 167 g/mol. The molecule has 0 aromatic carbocycles. The summed E-state index contributed by atoms with van der Waals surface area (Å²) in [7, 11) is 0. The highest BCUT2D eigenvalue weighted by Gasteiger charge is 2.13. The summed E-state index contributed by atoms with van der Waals surface area (Å²) in [6.07, 6.45) is 5.09. The Bertz CT molecular complexity index is 218. The van der Waals surface area contributed by atoms with Crippen molar-refractivity contribution in [2.75, 3.05) is 0 Å². The molecule has 0 spiro atoms. The zero-order valence-electron chi connectivity index (χ0n) is 7.96. The summed E-state index contributed by atoms with van der Waals surface area (Å²) in [5.41, 5.74) is 6.02. The predicted molar refractivity (Wildman–Crippen MR) is 52.5 cm³/mol. The van der Waals surface area contributed by atoms with Crippen molar-refractivity contribution in [1.29, 1.82) is 0 Å². The van der Waals surface area contributed by atoms with Gasteiger partial charge >= 0.3 is 0 Å². The Balaban J connectivity index is 4.29. The third-order valence-electron chi connectivity index (χ3n) is 1.60. The molecule has 0 aliphatic heterocycles. The normalized spacial score (nSPS) is 13.8. The van der Waals surface area contributed by atoms with Gasteiger partial charge in [-0.25, -0.2) is 0 Å². The van der Waals surface area contributed by atoms with Gasteiger partial charge in [-0.15, -0.1) is 0 Å². The summed E-state index contributed by atoms with van der Waals surface area (Å²) in [6.45, 7) is 9.00. The molecule has 2 nitrogen and oxygen atoms in total. The molecule has 3 N–H and O–H groups in total. The van der Waals surface area contributed by atoms with Gasteiger partial charge in [-0.3, -0.25) is 0 Å². The average Bonchev–Trinajstić information content (AvgIpc) is 1.97. The minimum atomic E-state index is -0.856. The number of aliphatic hydroxyl groups is 1. The Morgan fingerprint density at radius 3 is 2.25 bits per heavy atom. The van der Waals surface area contributed by atoms with E-state index in [9.17, 15) is 5.11 Å². The Kier molecular flexibility index (Phi) is 3.77. The molecule has 0 fully saturated rings. The third kappa shape index (κ3) is 3.98. The first-order valence-electron chi connectivity index (χ1n) is 3.86. The van der Waals surface area contributed by atoms with Crippen LogP contribution in [0.5, 0.6) is 0 Å². The quantitative estimate of drug-likeness (QED) is 0.629. The molecule has 0 aromatic heterocycles. The van der Waals surface area contributed by atoms with E-state index < -0.39 is 5.60 Å². The van der Waals surface area contributed by atoms with Gasteiger partial charge in [-0.05, 0) is 38.1 Å². The van der Waals surface area contributed by atoms with Crippen LogP contribution in [0, 0.1) is 0 Å². The second-order valence-corrected chi connectivity index (χ2v) is 3.33. The monoisotopic (exact) mass is 167 g/mol. The van der Waals surface area contributed by atoms with Gasteiger partial charge in [0, 0.05) is 0 Å². The molecule has 0 aliphatic rings. The van der Waals surface area contributed by atoms with Gasteiger partial charge < -0.3 is 10.8 Å². The van der Waals surface area contributed by atoms with E-state index in [-0.39, 0.29) is 0 Å². The highest BCUT2D eigenvalue weighted by atomic mass is 16.3. The topological polar surface area (TPSA) is 46.2 Å². The lowest BCUT2D eigenvalue weighted by Crippen LogP contribution is -2.19. The van der Waals surface area contributed by atoms with Crippen LogP contribution in [0.1, 0.15) is 20.8 Å². The second-order valence-electron chi connectivity index (χ2n) is 3.33. The molecule has 0 heterocycles. The van der Waals surface area contributed by atoms with Crippen LogP contribution in [0.4, 0.5) is 0 Å². The van der Waals surface area contributed by atoms with Crippen molar-refractivity contribution in [3.8, 4) is 0 Å². The van der Waals surface area contributed by atoms with Gasteiger partial charge in [0.25, 0.3) is 0 Å². The fourth-order valence-electron chi connectivity index (χ4n) is 0.492. The molecule has 0 radical (unpaired) electrons. The number of allylic oxidation sites excluding steroid dienone is 2. The fourth-order valence-corrected chi connectivity index (χ4v) is 0.492. The number of hydrogen-bond donors (Lipinski definition) is 2. The molecule has 2 heteroatoms. The first-order chi connectivity index (χ1) is 5.38. The Hall–Kier alpha value is -1.02. The van der Waals surface area contributed by atoms with Crippen LogP contribution in [0.25, 0.3) is 0 Å². The standard InChI is InChI=1S/C10H17NO/c1-8(7-11)5-6-9(2)10(3,4)12/h5-7,12H,2,11H2,1,3-4H3/b6-5-,8-7-. The lowest BCUT2D eigenvalue weighted by atomic mass is 9.99. The summed E-state index contributed by atoms with van der Waals surface area (Å²) in [4.78, 5) is 0. The van der Waals surface area contributed by atoms with Crippen molar-refractivity contribution in [2.24, 2.45) is 5.73 Å². The maximum atomic E-state index is 9.47. The predicted octanol–water partition coefficient (Wildman–Crippen LogP) is 1.73. The van der Waals surface area contributed by atoms with E-state index in [1.807, 2.05) is 13.0 Å². The van der Waals surface area contributed by atoms with Crippen molar-refractivity contribution < 1.29 is 5.11 Å². The maximum Gasteiger partial charge on any atom is 0.0834 e. The minimum Gasteiger partial charge on any atom is -0.404 e. The molecule has 0 bridgehead atoms.